The molecule has 2 aromatic carbocycles. The fraction of sp³-hybridized carbons (Fsp3) is 0.182. The van der Waals surface area contributed by atoms with Gasteiger partial charge in [0.2, 0.25) is 0 Å². The number of urea groups is 1. The average molecular weight is 392 g/mol. The molecule has 4 rings (SSSR count). The van der Waals surface area contributed by atoms with Crippen LogP contribution in [0.5, 0.6) is 0 Å². The molecule has 0 radical (unpaired) electrons. The maximum Gasteiger partial charge on any atom is 0.322 e. The molecule has 142 valence electrons. The lowest BCUT2D eigenvalue weighted by Gasteiger charge is -2.33. The molecule has 1 N–H and O–H groups in total. The topological polar surface area (TPSA) is 58.6 Å². The van der Waals surface area contributed by atoms with E-state index in [4.69, 9.17) is 4.74 Å². The lowest BCUT2D eigenvalue weighted by Crippen LogP contribution is -2.43. The Morgan fingerprint density at radius 3 is 2.64 bits per heavy atom. The normalized spacial score (nSPS) is 15.6. The van der Waals surface area contributed by atoms with Gasteiger partial charge >= 0.3 is 12.0 Å². The molecule has 0 spiro atoms. The summed E-state index contributed by atoms with van der Waals surface area (Å²) in [5, 5.41) is 5.03. The summed E-state index contributed by atoms with van der Waals surface area (Å²) >= 11 is 1.62. The van der Waals surface area contributed by atoms with Crippen LogP contribution in [0.3, 0.4) is 0 Å². The Morgan fingerprint density at radius 1 is 1.07 bits per heavy atom. The van der Waals surface area contributed by atoms with Crippen molar-refractivity contribution in [2.24, 2.45) is 0 Å². The second-order valence-electron chi connectivity index (χ2n) is 6.61. The number of anilines is 1. The van der Waals surface area contributed by atoms with E-state index in [1.165, 1.54) is 7.11 Å². The summed E-state index contributed by atoms with van der Waals surface area (Å²) in [6, 6.07) is 19.2. The Labute approximate surface area is 167 Å². The van der Waals surface area contributed by atoms with Gasteiger partial charge in [0.25, 0.3) is 0 Å². The van der Waals surface area contributed by atoms with Crippen molar-refractivity contribution >= 4 is 29.0 Å². The number of hydrogen-bond donors (Lipinski definition) is 1. The van der Waals surface area contributed by atoms with Crippen molar-refractivity contribution in [1.82, 2.24) is 4.90 Å². The van der Waals surface area contributed by atoms with Crippen LogP contribution in [0.1, 0.15) is 17.0 Å². The van der Waals surface area contributed by atoms with Gasteiger partial charge in [-0.15, -0.1) is 11.3 Å². The van der Waals surface area contributed by atoms with Crippen LogP contribution in [0.15, 0.2) is 66.0 Å². The molecule has 0 saturated carbocycles. The molecule has 1 aliphatic heterocycles. The van der Waals surface area contributed by atoms with Crippen LogP contribution in [-0.2, 0) is 16.1 Å². The number of amides is 2. The first-order valence-electron chi connectivity index (χ1n) is 9.02. The van der Waals surface area contributed by atoms with Crippen LogP contribution in [0.2, 0.25) is 0 Å². The highest BCUT2D eigenvalue weighted by molar-refractivity contribution is 7.13. The minimum absolute atomic E-state index is 0.229. The summed E-state index contributed by atoms with van der Waals surface area (Å²) < 4.78 is 4.97. The summed E-state index contributed by atoms with van der Waals surface area (Å²) in [5.41, 5.74) is 3.62. The van der Waals surface area contributed by atoms with Crippen molar-refractivity contribution in [3.63, 3.8) is 0 Å². The number of ether oxygens (including phenoxy) is 1. The molecule has 0 saturated heterocycles. The molecular formula is C22H20N2O3S. The first-order valence-corrected chi connectivity index (χ1v) is 9.90. The smallest absolute Gasteiger partial charge is 0.322 e. The second kappa shape index (κ2) is 7.86. The summed E-state index contributed by atoms with van der Waals surface area (Å²) in [6.45, 7) is 0.743. The molecule has 1 unspecified atom stereocenters. The minimum Gasteiger partial charge on any atom is -0.468 e. The van der Waals surface area contributed by atoms with E-state index in [-0.39, 0.29) is 18.5 Å². The molecule has 5 nitrogen and oxygen atoms in total. The quantitative estimate of drug-likeness (QED) is 0.656. The minimum atomic E-state index is -0.478. The van der Waals surface area contributed by atoms with E-state index in [1.807, 2.05) is 66.0 Å². The number of benzene rings is 2. The summed E-state index contributed by atoms with van der Waals surface area (Å²) in [5.74, 6) is -0.808. The Hall–Kier alpha value is -3.12. The van der Waals surface area contributed by atoms with Crippen molar-refractivity contribution in [1.29, 1.82) is 0 Å². The maximum absolute atomic E-state index is 13.0. The predicted molar refractivity (Wildman–Crippen MR) is 110 cm³/mol. The van der Waals surface area contributed by atoms with Crippen molar-refractivity contribution < 1.29 is 14.3 Å². The van der Waals surface area contributed by atoms with Gasteiger partial charge in [-0.05, 0) is 28.6 Å². The van der Waals surface area contributed by atoms with Gasteiger partial charge < -0.3 is 15.0 Å². The largest absolute Gasteiger partial charge is 0.468 e. The number of methoxy groups -OCH3 is 1. The standard InChI is InChI=1S/C22H20N2O3S/c1-27-21(25)18-14-24(13-15-7-2-3-8-16(15)18)22(26)23-19-10-5-4-9-17(19)20-11-6-12-28-20/h2-12,18H,13-14H2,1H3,(H,23,26). The van der Waals surface area contributed by atoms with E-state index in [0.29, 0.717) is 6.54 Å². The van der Waals surface area contributed by atoms with Crippen molar-refractivity contribution in [2.75, 3.05) is 19.0 Å². The fourth-order valence-corrected chi connectivity index (χ4v) is 4.30. The number of esters is 1. The van der Waals surface area contributed by atoms with Gasteiger partial charge in [-0.1, -0.05) is 48.5 Å². The first-order chi connectivity index (χ1) is 13.7. The molecule has 3 aromatic rings. The molecule has 0 aliphatic carbocycles. The zero-order chi connectivity index (χ0) is 19.5. The third kappa shape index (κ3) is 3.51. The molecule has 2 heterocycles. The SMILES string of the molecule is COC(=O)C1CN(C(=O)Nc2ccccc2-c2cccs2)Cc2ccccc21. The first kappa shape index (κ1) is 18.3. The highest BCUT2D eigenvalue weighted by atomic mass is 32.1. The average Bonchev–Trinajstić information content (AvgIpc) is 3.27. The number of para-hydroxylation sites is 1. The molecule has 1 atom stereocenters. The van der Waals surface area contributed by atoms with E-state index in [9.17, 15) is 9.59 Å². The van der Waals surface area contributed by atoms with Gasteiger partial charge in [0.05, 0.1) is 18.7 Å². The maximum atomic E-state index is 13.0. The van der Waals surface area contributed by atoms with Crippen LogP contribution >= 0.6 is 11.3 Å². The monoisotopic (exact) mass is 392 g/mol. The summed E-state index contributed by atoms with van der Waals surface area (Å²) in [7, 11) is 1.38. The number of thiophene rings is 1. The molecule has 28 heavy (non-hydrogen) atoms. The van der Waals surface area contributed by atoms with Gasteiger partial charge in [-0.2, -0.15) is 0 Å². The molecule has 2 amide bonds. The van der Waals surface area contributed by atoms with E-state index in [0.717, 1.165) is 27.3 Å². The Morgan fingerprint density at radius 2 is 1.86 bits per heavy atom. The van der Waals surface area contributed by atoms with Gasteiger partial charge in [0.1, 0.15) is 0 Å². The highest BCUT2D eigenvalue weighted by Gasteiger charge is 2.33. The number of carbonyl (C=O) groups excluding carboxylic acids is 2. The summed E-state index contributed by atoms with van der Waals surface area (Å²) in [4.78, 5) is 28.1. The Bertz CT molecular complexity index is 1000. The van der Waals surface area contributed by atoms with E-state index in [1.54, 1.807) is 16.2 Å². The van der Waals surface area contributed by atoms with Crippen molar-refractivity contribution in [3.8, 4) is 10.4 Å². The molecule has 1 aliphatic rings. The third-order valence-electron chi connectivity index (χ3n) is 4.92. The number of carbonyl (C=O) groups is 2. The molecule has 6 heteroatoms. The van der Waals surface area contributed by atoms with E-state index < -0.39 is 5.92 Å². The van der Waals surface area contributed by atoms with Crippen molar-refractivity contribution in [2.45, 2.75) is 12.5 Å². The van der Waals surface area contributed by atoms with Crippen LogP contribution in [0.25, 0.3) is 10.4 Å². The molecule has 0 fully saturated rings. The van der Waals surface area contributed by atoms with Crippen LogP contribution in [-0.4, -0.2) is 30.6 Å². The second-order valence-corrected chi connectivity index (χ2v) is 7.56. The third-order valence-corrected chi connectivity index (χ3v) is 5.83. The molecule has 1 aromatic heterocycles. The zero-order valence-electron chi connectivity index (χ0n) is 15.4. The van der Waals surface area contributed by atoms with Gasteiger partial charge in [-0.3, -0.25) is 4.79 Å². The van der Waals surface area contributed by atoms with Gasteiger partial charge in [0, 0.05) is 23.5 Å². The predicted octanol–water partition coefficient (Wildman–Crippen LogP) is 4.72. The molecule has 0 bridgehead atoms. The lowest BCUT2D eigenvalue weighted by atomic mass is 9.90. The van der Waals surface area contributed by atoms with Crippen LogP contribution in [0, 0.1) is 0 Å². The molecular weight excluding hydrogens is 372 g/mol. The number of nitrogens with zero attached hydrogens (tertiary/aromatic N) is 1. The van der Waals surface area contributed by atoms with Gasteiger partial charge in [0.15, 0.2) is 0 Å². The lowest BCUT2D eigenvalue weighted by molar-refractivity contribution is -0.143. The van der Waals surface area contributed by atoms with Crippen LogP contribution < -0.4 is 5.32 Å². The Kier molecular flexibility index (Phi) is 5.12. The number of hydrogen-bond acceptors (Lipinski definition) is 4. The number of nitrogens with one attached hydrogen (secondary N) is 1. The van der Waals surface area contributed by atoms with Gasteiger partial charge in [-0.25, -0.2) is 4.79 Å². The summed E-state index contributed by atoms with van der Waals surface area (Å²) in [6.07, 6.45) is 0. The fourth-order valence-electron chi connectivity index (χ4n) is 3.54. The van der Waals surface area contributed by atoms with E-state index in [2.05, 4.69) is 5.32 Å². The number of fused-ring (bicyclic) bond motifs is 1. The zero-order valence-corrected chi connectivity index (χ0v) is 16.2. The highest BCUT2D eigenvalue weighted by Crippen LogP contribution is 2.33. The van der Waals surface area contributed by atoms with Crippen LogP contribution in [0.4, 0.5) is 10.5 Å². The van der Waals surface area contributed by atoms with E-state index >= 15 is 0 Å². The Balaban J connectivity index is 1.59. The van der Waals surface area contributed by atoms with Crippen molar-refractivity contribution in [3.05, 3.63) is 77.2 Å². The number of rotatable bonds is 3.